The smallest absolute Gasteiger partial charge is 0.283 e. The minimum Gasteiger partial charge on any atom is -0.343 e. The van der Waals surface area contributed by atoms with Crippen LogP contribution in [0.2, 0.25) is 0 Å². The molecule has 0 aliphatic carbocycles. The third kappa shape index (κ3) is 4.78. The fraction of sp³-hybridized carbons (Fsp3) is 0.0500. The van der Waals surface area contributed by atoms with E-state index < -0.39 is 10.0 Å². The predicted octanol–water partition coefficient (Wildman–Crippen LogP) is 4.13. The maximum atomic E-state index is 12.6. The minimum absolute atomic E-state index is 0.176. The molecule has 25 heavy (non-hydrogen) atoms. The molecule has 3 rings (SSSR count). The third-order valence-corrected chi connectivity index (χ3v) is 4.88. The van der Waals surface area contributed by atoms with Crippen molar-refractivity contribution >= 4 is 21.5 Å². The second-order valence-corrected chi connectivity index (χ2v) is 7.08. The van der Waals surface area contributed by atoms with Gasteiger partial charge in [0.2, 0.25) is 0 Å². The average Bonchev–Trinajstić information content (AvgIpc) is 2.64. The first-order chi connectivity index (χ1) is 12.1. The summed E-state index contributed by atoms with van der Waals surface area (Å²) in [5.74, 6) is 0.376. The number of benzene rings is 3. The molecule has 0 fully saturated rings. The standard InChI is InChI=1S/C20H18N2O2S/c23-25(24,19-14-8-3-9-15-19)22-20(16-17-10-4-1-5-11-17)21-18-12-6-2-7-13-18/h1-15H,16H2,(H,21,22). The highest BCUT2D eigenvalue weighted by Gasteiger charge is 2.14. The van der Waals surface area contributed by atoms with Crippen molar-refractivity contribution in [3.63, 3.8) is 0 Å². The Morgan fingerprint density at radius 2 is 1.28 bits per heavy atom. The molecule has 0 saturated carbocycles. The van der Waals surface area contributed by atoms with Crippen LogP contribution < -0.4 is 5.32 Å². The number of sulfonamides is 1. The van der Waals surface area contributed by atoms with Gasteiger partial charge >= 0.3 is 0 Å². The van der Waals surface area contributed by atoms with Crippen molar-refractivity contribution in [3.8, 4) is 0 Å². The average molecular weight is 350 g/mol. The van der Waals surface area contributed by atoms with E-state index in [9.17, 15) is 8.42 Å². The topological polar surface area (TPSA) is 58.5 Å². The fourth-order valence-electron chi connectivity index (χ4n) is 2.37. The van der Waals surface area contributed by atoms with Gasteiger partial charge in [-0.3, -0.25) is 0 Å². The first-order valence-electron chi connectivity index (χ1n) is 7.88. The van der Waals surface area contributed by atoms with E-state index in [-0.39, 0.29) is 4.90 Å². The lowest BCUT2D eigenvalue weighted by Crippen LogP contribution is -2.17. The van der Waals surface area contributed by atoms with Crippen LogP contribution in [0.25, 0.3) is 0 Å². The first-order valence-corrected chi connectivity index (χ1v) is 9.32. The SMILES string of the molecule is O=S(=O)(/N=C(\Cc1ccccc1)Nc1ccccc1)c1ccccc1. The van der Waals surface area contributed by atoms with Gasteiger partial charge in [0, 0.05) is 12.1 Å². The summed E-state index contributed by atoms with van der Waals surface area (Å²) in [5.41, 5.74) is 1.77. The monoisotopic (exact) mass is 350 g/mol. The summed E-state index contributed by atoms with van der Waals surface area (Å²) in [7, 11) is -3.77. The second kappa shape index (κ2) is 7.77. The lowest BCUT2D eigenvalue weighted by atomic mass is 10.1. The van der Waals surface area contributed by atoms with Gasteiger partial charge in [-0.2, -0.15) is 8.42 Å². The molecule has 0 bridgehead atoms. The van der Waals surface area contributed by atoms with Crippen molar-refractivity contribution < 1.29 is 8.42 Å². The van der Waals surface area contributed by atoms with Crippen molar-refractivity contribution in [3.05, 3.63) is 96.6 Å². The van der Waals surface area contributed by atoms with Crippen molar-refractivity contribution in [1.29, 1.82) is 0 Å². The number of nitrogens with zero attached hydrogens (tertiary/aromatic N) is 1. The fourth-order valence-corrected chi connectivity index (χ4v) is 3.37. The largest absolute Gasteiger partial charge is 0.343 e. The number of amidine groups is 1. The second-order valence-electron chi connectivity index (χ2n) is 5.48. The Labute approximate surface area is 147 Å². The van der Waals surface area contributed by atoms with Crippen LogP contribution in [0, 0.1) is 0 Å². The van der Waals surface area contributed by atoms with E-state index in [1.165, 1.54) is 0 Å². The molecule has 0 atom stereocenters. The molecule has 0 saturated heterocycles. The predicted molar refractivity (Wildman–Crippen MR) is 101 cm³/mol. The van der Waals surface area contributed by atoms with Gasteiger partial charge in [-0.25, -0.2) is 0 Å². The molecule has 126 valence electrons. The van der Waals surface area contributed by atoms with E-state index in [4.69, 9.17) is 0 Å². The molecular formula is C20H18N2O2S. The van der Waals surface area contributed by atoms with Gasteiger partial charge in [0.1, 0.15) is 5.84 Å². The minimum atomic E-state index is -3.77. The Bertz CT molecular complexity index is 895. The summed E-state index contributed by atoms with van der Waals surface area (Å²) >= 11 is 0. The molecule has 0 aliphatic heterocycles. The summed E-state index contributed by atoms with van der Waals surface area (Å²) in [4.78, 5) is 0.176. The Balaban J connectivity index is 1.95. The Morgan fingerprint density at radius 3 is 1.88 bits per heavy atom. The lowest BCUT2D eigenvalue weighted by Gasteiger charge is -2.10. The van der Waals surface area contributed by atoms with Crippen LogP contribution in [0.3, 0.4) is 0 Å². The van der Waals surface area contributed by atoms with E-state index in [2.05, 4.69) is 9.71 Å². The van der Waals surface area contributed by atoms with E-state index >= 15 is 0 Å². The number of para-hydroxylation sites is 1. The number of hydrogen-bond donors (Lipinski definition) is 1. The molecule has 0 spiro atoms. The van der Waals surface area contributed by atoms with E-state index in [1.807, 2.05) is 60.7 Å². The van der Waals surface area contributed by atoms with E-state index in [0.29, 0.717) is 12.3 Å². The number of hydrogen-bond acceptors (Lipinski definition) is 2. The maximum Gasteiger partial charge on any atom is 0.283 e. The van der Waals surface area contributed by atoms with Gasteiger partial charge in [0.05, 0.1) is 4.90 Å². The molecule has 3 aromatic carbocycles. The van der Waals surface area contributed by atoms with Crippen LogP contribution in [0.15, 0.2) is 100 Å². The van der Waals surface area contributed by atoms with Crippen LogP contribution in [-0.4, -0.2) is 14.3 Å². The Kier molecular flexibility index (Phi) is 5.26. The summed E-state index contributed by atoms with van der Waals surface area (Å²) in [6.07, 6.45) is 0.391. The molecule has 0 aliphatic rings. The highest BCUT2D eigenvalue weighted by atomic mass is 32.2. The quantitative estimate of drug-likeness (QED) is 0.556. The molecule has 4 nitrogen and oxygen atoms in total. The molecule has 3 aromatic rings. The molecule has 1 N–H and O–H groups in total. The number of rotatable bonds is 5. The highest BCUT2D eigenvalue weighted by Crippen LogP contribution is 2.14. The molecule has 0 unspecified atom stereocenters. The van der Waals surface area contributed by atoms with Crippen molar-refractivity contribution in [2.45, 2.75) is 11.3 Å². The summed E-state index contributed by atoms with van der Waals surface area (Å²) < 4.78 is 29.2. The van der Waals surface area contributed by atoms with Crippen LogP contribution in [0.5, 0.6) is 0 Å². The zero-order chi connectivity index (χ0) is 17.5. The van der Waals surface area contributed by atoms with Crippen molar-refractivity contribution in [2.24, 2.45) is 4.40 Å². The third-order valence-electron chi connectivity index (χ3n) is 3.55. The summed E-state index contributed by atoms with van der Waals surface area (Å²) in [6, 6.07) is 27.3. The van der Waals surface area contributed by atoms with Gasteiger partial charge < -0.3 is 5.32 Å². The van der Waals surface area contributed by atoms with Gasteiger partial charge in [-0.05, 0) is 29.8 Å². The summed E-state index contributed by atoms with van der Waals surface area (Å²) in [5, 5.41) is 3.12. The Morgan fingerprint density at radius 1 is 0.760 bits per heavy atom. The molecule has 0 heterocycles. The zero-order valence-corrected chi connectivity index (χ0v) is 14.4. The Hall–Kier alpha value is -2.92. The lowest BCUT2D eigenvalue weighted by molar-refractivity contribution is 0.598. The summed E-state index contributed by atoms with van der Waals surface area (Å²) in [6.45, 7) is 0. The molecule has 0 aromatic heterocycles. The first kappa shape index (κ1) is 16.9. The van der Waals surface area contributed by atoms with Crippen LogP contribution >= 0.6 is 0 Å². The van der Waals surface area contributed by atoms with Gasteiger partial charge in [0.25, 0.3) is 10.0 Å². The van der Waals surface area contributed by atoms with Crippen molar-refractivity contribution in [1.82, 2.24) is 0 Å². The normalized spacial score (nSPS) is 11.9. The van der Waals surface area contributed by atoms with Gasteiger partial charge in [-0.1, -0.05) is 66.7 Å². The van der Waals surface area contributed by atoms with Crippen LogP contribution in [-0.2, 0) is 16.4 Å². The van der Waals surface area contributed by atoms with E-state index in [1.54, 1.807) is 30.3 Å². The van der Waals surface area contributed by atoms with Crippen LogP contribution in [0.1, 0.15) is 5.56 Å². The number of nitrogens with one attached hydrogen (secondary N) is 1. The highest BCUT2D eigenvalue weighted by molar-refractivity contribution is 7.90. The van der Waals surface area contributed by atoms with E-state index in [0.717, 1.165) is 11.3 Å². The molecular weight excluding hydrogens is 332 g/mol. The molecule has 0 radical (unpaired) electrons. The van der Waals surface area contributed by atoms with Crippen LogP contribution in [0.4, 0.5) is 5.69 Å². The van der Waals surface area contributed by atoms with Gasteiger partial charge in [-0.15, -0.1) is 4.40 Å². The molecule has 0 amide bonds. The maximum absolute atomic E-state index is 12.6. The van der Waals surface area contributed by atoms with Crippen molar-refractivity contribution in [2.75, 3.05) is 5.32 Å². The zero-order valence-electron chi connectivity index (χ0n) is 13.5. The molecule has 5 heteroatoms. The van der Waals surface area contributed by atoms with Gasteiger partial charge in [0.15, 0.2) is 0 Å². The number of anilines is 1.